The number of alkyl carbamates (subject to hydrolysis) is 1. The minimum atomic E-state index is -1.00. The summed E-state index contributed by atoms with van der Waals surface area (Å²) in [5.41, 5.74) is 3.01. The van der Waals surface area contributed by atoms with E-state index in [2.05, 4.69) is 15.6 Å². The molecule has 0 aliphatic heterocycles. The first-order valence-electron chi connectivity index (χ1n) is 11.0. The minimum Gasteiger partial charge on any atom is -0.445 e. The Kier molecular flexibility index (Phi) is 7.99. The molecule has 4 rings (SSSR count). The Morgan fingerprint density at radius 2 is 1.61 bits per heavy atom. The Morgan fingerprint density at radius 1 is 0.944 bits per heavy atom. The highest BCUT2D eigenvalue weighted by atomic mass is 32.1. The molecule has 1 heterocycles. The Hall–Kier alpha value is -4.57. The average Bonchev–Trinajstić information content (AvgIpc) is 3.37. The van der Waals surface area contributed by atoms with Gasteiger partial charge < -0.3 is 15.4 Å². The second kappa shape index (κ2) is 11.7. The average molecular weight is 503 g/mol. The molecular formula is C26H22N4O5S. The number of nitro benzene ring substituents is 1. The summed E-state index contributed by atoms with van der Waals surface area (Å²) in [4.78, 5) is 40.5. The molecule has 0 saturated heterocycles. The zero-order valence-electron chi connectivity index (χ0n) is 19.0. The number of hydrogen-bond acceptors (Lipinski definition) is 7. The third-order valence-corrected chi connectivity index (χ3v) is 5.97. The maximum Gasteiger partial charge on any atom is 0.408 e. The van der Waals surface area contributed by atoms with Gasteiger partial charge in [-0.05, 0) is 11.1 Å². The number of nitrogens with zero attached hydrogens (tertiary/aromatic N) is 2. The number of amides is 2. The van der Waals surface area contributed by atoms with Crippen LogP contribution in [-0.2, 0) is 22.6 Å². The summed E-state index contributed by atoms with van der Waals surface area (Å²) in [5, 5.41) is 18.5. The quantitative estimate of drug-likeness (QED) is 0.240. The Bertz CT molecular complexity index is 1330. The van der Waals surface area contributed by atoms with Gasteiger partial charge in [0, 0.05) is 29.5 Å². The molecule has 1 aromatic heterocycles. The van der Waals surface area contributed by atoms with Crippen LogP contribution in [0.25, 0.3) is 11.3 Å². The van der Waals surface area contributed by atoms with Crippen molar-refractivity contribution in [2.45, 2.75) is 19.1 Å². The van der Waals surface area contributed by atoms with Crippen LogP contribution in [0.15, 0.2) is 90.3 Å². The minimum absolute atomic E-state index is 0.0471. The van der Waals surface area contributed by atoms with Gasteiger partial charge in [0.05, 0.1) is 10.6 Å². The number of benzene rings is 3. The molecule has 3 aromatic carbocycles. The van der Waals surface area contributed by atoms with Gasteiger partial charge in [-0.25, -0.2) is 9.78 Å². The maximum absolute atomic E-state index is 13.1. The van der Waals surface area contributed by atoms with Gasteiger partial charge in [0.2, 0.25) is 5.91 Å². The number of nitro groups is 1. The van der Waals surface area contributed by atoms with Crippen LogP contribution in [0.3, 0.4) is 0 Å². The van der Waals surface area contributed by atoms with Crippen LogP contribution in [0, 0.1) is 10.1 Å². The van der Waals surface area contributed by atoms with Gasteiger partial charge in [-0.3, -0.25) is 14.9 Å². The zero-order valence-corrected chi connectivity index (χ0v) is 19.8. The molecule has 10 heteroatoms. The van der Waals surface area contributed by atoms with Crippen LogP contribution < -0.4 is 10.6 Å². The maximum atomic E-state index is 13.1. The lowest BCUT2D eigenvalue weighted by Crippen LogP contribution is -2.45. The predicted molar refractivity (Wildman–Crippen MR) is 137 cm³/mol. The van der Waals surface area contributed by atoms with Gasteiger partial charge in [-0.15, -0.1) is 11.3 Å². The van der Waals surface area contributed by atoms with Crippen molar-refractivity contribution < 1.29 is 19.2 Å². The summed E-state index contributed by atoms with van der Waals surface area (Å²) in [6.07, 6.45) is -0.661. The highest BCUT2D eigenvalue weighted by Gasteiger charge is 2.24. The van der Waals surface area contributed by atoms with E-state index in [1.807, 2.05) is 66.0 Å². The van der Waals surface area contributed by atoms with Gasteiger partial charge in [0.15, 0.2) is 5.13 Å². The van der Waals surface area contributed by atoms with Gasteiger partial charge in [-0.2, -0.15) is 0 Å². The van der Waals surface area contributed by atoms with Crippen molar-refractivity contribution >= 4 is 34.2 Å². The lowest BCUT2D eigenvalue weighted by atomic mass is 10.0. The summed E-state index contributed by atoms with van der Waals surface area (Å²) < 4.78 is 5.28. The fraction of sp³-hybridized carbons (Fsp3) is 0.115. The third kappa shape index (κ3) is 6.73. The smallest absolute Gasteiger partial charge is 0.408 e. The number of carbonyl (C=O) groups is 2. The summed E-state index contributed by atoms with van der Waals surface area (Å²) in [7, 11) is 0. The van der Waals surface area contributed by atoms with E-state index in [0.29, 0.717) is 10.7 Å². The summed E-state index contributed by atoms with van der Waals surface area (Å²) in [6.45, 7) is 0.0471. The monoisotopic (exact) mass is 502 g/mol. The first-order valence-corrected chi connectivity index (χ1v) is 11.9. The Balaban J connectivity index is 1.46. The van der Waals surface area contributed by atoms with Crippen molar-refractivity contribution in [3.8, 4) is 11.3 Å². The topological polar surface area (TPSA) is 123 Å². The molecule has 2 N–H and O–H groups in total. The second-order valence-corrected chi connectivity index (χ2v) is 8.64. The molecule has 0 spiro atoms. The third-order valence-electron chi connectivity index (χ3n) is 5.21. The molecule has 9 nitrogen and oxygen atoms in total. The lowest BCUT2D eigenvalue weighted by molar-refractivity contribution is -0.384. The molecule has 0 fully saturated rings. The highest BCUT2D eigenvalue weighted by molar-refractivity contribution is 7.14. The molecule has 0 unspecified atom stereocenters. The predicted octanol–water partition coefficient (Wildman–Crippen LogP) is 5.19. The van der Waals surface area contributed by atoms with E-state index in [1.165, 1.54) is 23.5 Å². The molecule has 0 radical (unpaired) electrons. The van der Waals surface area contributed by atoms with E-state index in [4.69, 9.17) is 4.74 Å². The van der Waals surface area contributed by atoms with Crippen LogP contribution in [0.4, 0.5) is 15.6 Å². The van der Waals surface area contributed by atoms with E-state index in [0.717, 1.165) is 16.8 Å². The number of anilines is 1. The van der Waals surface area contributed by atoms with Gasteiger partial charge in [-0.1, -0.05) is 72.8 Å². The fourth-order valence-electron chi connectivity index (χ4n) is 3.37. The van der Waals surface area contributed by atoms with E-state index < -0.39 is 23.0 Å². The first kappa shape index (κ1) is 24.6. The SMILES string of the molecule is O=C(N[C@@H](Cc1ccc([N+](=O)[O-])cc1)C(=O)Nc1nc(-c2ccccc2)cs1)OCc1ccccc1. The van der Waals surface area contributed by atoms with Crippen LogP contribution in [0.1, 0.15) is 11.1 Å². The van der Waals surface area contributed by atoms with E-state index >= 15 is 0 Å². The fourth-order valence-corrected chi connectivity index (χ4v) is 4.09. The Labute approximate surface area is 210 Å². The number of nitrogens with one attached hydrogen (secondary N) is 2. The van der Waals surface area contributed by atoms with Crippen molar-refractivity contribution in [3.63, 3.8) is 0 Å². The standard InChI is InChI=1S/C26H22N4O5S/c31-24(29-25-27-23(17-36-25)20-9-5-2-6-10-20)22(15-18-11-13-21(14-12-18)30(33)34)28-26(32)35-16-19-7-3-1-4-8-19/h1-14,17,22H,15-16H2,(H,28,32)(H,27,29,31)/t22-/m0/s1. The number of carbonyl (C=O) groups excluding carboxylic acids is 2. The van der Waals surface area contributed by atoms with Gasteiger partial charge >= 0.3 is 6.09 Å². The van der Waals surface area contributed by atoms with Crippen LogP contribution >= 0.6 is 11.3 Å². The van der Waals surface area contributed by atoms with E-state index in [9.17, 15) is 19.7 Å². The van der Waals surface area contributed by atoms with E-state index in [-0.39, 0.29) is 18.7 Å². The van der Waals surface area contributed by atoms with Crippen LogP contribution in [0.2, 0.25) is 0 Å². The first-order chi connectivity index (χ1) is 17.5. The number of aromatic nitrogens is 1. The van der Waals surface area contributed by atoms with Crippen molar-refractivity contribution in [2.75, 3.05) is 5.32 Å². The number of ether oxygens (including phenoxy) is 1. The molecule has 4 aromatic rings. The van der Waals surface area contributed by atoms with Crippen molar-refractivity contribution in [1.82, 2.24) is 10.3 Å². The molecular weight excluding hydrogens is 480 g/mol. The molecule has 36 heavy (non-hydrogen) atoms. The number of hydrogen-bond donors (Lipinski definition) is 2. The normalized spacial score (nSPS) is 11.3. The van der Waals surface area contributed by atoms with Crippen LogP contribution in [-0.4, -0.2) is 27.9 Å². The van der Waals surface area contributed by atoms with Crippen molar-refractivity contribution in [2.24, 2.45) is 0 Å². The molecule has 2 amide bonds. The molecule has 0 aliphatic carbocycles. The van der Waals surface area contributed by atoms with Crippen LogP contribution in [0.5, 0.6) is 0 Å². The van der Waals surface area contributed by atoms with E-state index in [1.54, 1.807) is 12.1 Å². The second-order valence-electron chi connectivity index (χ2n) is 7.78. The van der Waals surface area contributed by atoms with Crippen molar-refractivity contribution in [3.05, 3.63) is 112 Å². The number of non-ortho nitro benzene ring substituents is 1. The molecule has 1 atom stereocenters. The Morgan fingerprint density at radius 3 is 2.28 bits per heavy atom. The van der Waals surface area contributed by atoms with Crippen molar-refractivity contribution in [1.29, 1.82) is 0 Å². The molecule has 0 saturated carbocycles. The molecule has 0 aliphatic rings. The lowest BCUT2D eigenvalue weighted by Gasteiger charge is -2.18. The van der Waals surface area contributed by atoms with Gasteiger partial charge in [0.25, 0.3) is 5.69 Å². The summed E-state index contributed by atoms with van der Waals surface area (Å²) >= 11 is 1.27. The zero-order chi connectivity index (χ0) is 25.3. The molecule has 182 valence electrons. The summed E-state index contributed by atoms with van der Waals surface area (Å²) in [6, 6.07) is 23.5. The molecule has 0 bridgehead atoms. The largest absolute Gasteiger partial charge is 0.445 e. The number of rotatable bonds is 9. The summed E-state index contributed by atoms with van der Waals surface area (Å²) in [5.74, 6) is -0.487. The van der Waals surface area contributed by atoms with Gasteiger partial charge in [0.1, 0.15) is 12.6 Å². The number of thiazole rings is 1. The highest BCUT2D eigenvalue weighted by Crippen LogP contribution is 2.25.